The second-order valence-electron chi connectivity index (χ2n) is 7.23. The first kappa shape index (κ1) is 15.2. The van der Waals surface area contributed by atoms with Crippen molar-refractivity contribution < 1.29 is 4.74 Å². The summed E-state index contributed by atoms with van der Waals surface area (Å²) in [5, 5.41) is 0. The third kappa shape index (κ3) is 1.99. The first-order valence-electron chi connectivity index (χ1n) is 7.61. The summed E-state index contributed by atoms with van der Waals surface area (Å²) in [6, 6.07) is 4.66. The molecular formula is C19H28O. The summed E-state index contributed by atoms with van der Waals surface area (Å²) in [5.74, 6) is 1.40. The molecule has 0 N–H and O–H groups in total. The Balaban J connectivity index is 2.63. The Morgan fingerprint density at radius 2 is 1.65 bits per heavy atom. The largest absolute Gasteiger partial charge is 0.494 e. The molecule has 0 fully saturated rings. The number of hydrogen-bond donors (Lipinski definition) is 0. The molecule has 0 bridgehead atoms. The van der Waals surface area contributed by atoms with E-state index in [1.165, 1.54) is 16.7 Å². The summed E-state index contributed by atoms with van der Waals surface area (Å²) in [4.78, 5) is 0. The quantitative estimate of drug-likeness (QED) is 0.687. The molecule has 1 aromatic rings. The van der Waals surface area contributed by atoms with Crippen LogP contribution >= 0.6 is 0 Å². The molecule has 0 aromatic heterocycles. The van der Waals surface area contributed by atoms with E-state index in [-0.39, 0.29) is 10.8 Å². The smallest absolute Gasteiger partial charge is 0.119 e. The van der Waals surface area contributed by atoms with Crippen LogP contribution in [0.3, 0.4) is 0 Å². The van der Waals surface area contributed by atoms with E-state index in [2.05, 4.69) is 60.3 Å². The van der Waals surface area contributed by atoms with Gasteiger partial charge in [0.2, 0.25) is 0 Å². The Hall–Kier alpha value is -1.24. The maximum atomic E-state index is 5.62. The van der Waals surface area contributed by atoms with Gasteiger partial charge in [-0.3, -0.25) is 0 Å². The van der Waals surface area contributed by atoms with E-state index in [1.54, 1.807) is 0 Å². The monoisotopic (exact) mass is 272 g/mol. The van der Waals surface area contributed by atoms with Gasteiger partial charge in [0.1, 0.15) is 5.76 Å². The Bertz CT molecular complexity index is 549. The summed E-state index contributed by atoms with van der Waals surface area (Å²) in [5.41, 5.74) is 5.77. The first-order valence-corrected chi connectivity index (χ1v) is 7.61. The highest BCUT2D eigenvalue weighted by Gasteiger charge is 2.48. The highest BCUT2D eigenvalue weighted by Crippen LogP contribution is 2.54. The molecule has 0 amide bonds. The molecular weight excluding hydrogens is 244 g/mol. The molecule has 0 aliphatic heterocycles. The fourth-order valence-electron chi connectivity index (χ4n) is 3.70. The molecule has 0 spiro atoms. The van der Waals surface area contributed by atoms with E-state index in [0.717, 1.165) is 11.3 Å². The first-order chi connectivity index (χ1) is 9.14. The zero-order valence-corrected chi connectivity index (χ0v) is 14.1. The van der Waals surface area contributed by atoms with Gasteiger partial charge < -0.3 is 4.74 Å². The van der Waals surface area contributed by atoms with Crippen molar-refractivity contribution in [1.29, 1.82) is 0 Å². The maximum Gasteiger partial charge on any atom is 0.119 e. The van der Waals surface area contributed by atoms with Crippen LogP contribution in [0.15, 0.2) is 18.7 Å². The van der Waals surface area contributed by atoms with Gasteiger partial charge >= 0.3 is 0 Å². The predicted octanol–water partition coefficient (Wildman–Crippen LogP) is 5.21. The van der Waals surface area contributed by atoms with Gasteiger partial charge in [-0.05, 0) is 53.4 Å². The van der Waals surface area contributed by atoms with Gasteiger partial charge in [-0.15, -0.1) is 0 Å². The fraction of sp³-hybridized carbons (Fsp3) is 0.579. The summed E-state index contributed by atoms with van der Waals surface area (Å²) in [6.45, 7) is 20.7. The number of fused-ring (bicyclic) bond motifs is 1. The van der Waals surface area contributed by atoms with Crippen LogP contribution in [0.2, 0.25) is 0 Å². The van der Waals surface area contributed by atoms with Crippen molar-refractivity contribution in [2.24, 2.45) is 5.92 Å². The molecule has 1 unspecified atom stereocenters. The van der Waals surface area contributed by atoms with Gasteiger partial charge in [0.25, 0.3) is 0 Å². The van der Waals surface area contributed by atoms with Crippen molar-refractivity contribution in [3.63, 3.8) is 0 Å². The van der Waals surface area contributed by atoms with E-state index >= 15 is 0 Å². The van der Waals surface area contributed by atoms with Gasteiger partial charge in [-0.2, -0.15) is 0 Å². The van der Waals surface area contributed by atoms with Crippen LogP contribution in [0, 0.1) is 12.8 Å². The molecule has 0 saturated carbocycles. The SMILES string of the molecule is C=C(OCC)c1cc2c(cc1C)C(C)(C)C(C)C2(C)C. The van der Waals surface area contributed by atoms with Gasteiger partial charge in [0, 0.05) is 5.56 Å². The molecule has 0 heterocycles. The summed E-state index contributed by atoms with van der Waals surface area (Å²) < 4.78 is 5.62. The lowest BCUT2D eigenvalue weighted by atomic mass is 9.71. The molecule has 1 aliphatic carbocycles. The van der Waals surface area contributed by atoms with E-state index in [1.807, 2.05) is 6.92 Å². The molecule has 2 rings (SSSR count). The minimum Gasteiger partial charge on any atom is -0.494 e. The lowest BCUT2D eigenvalue weighted by Crippen LogP contribution is -2.30. The molecule has 1 atom stereocenters. The molecule has 20 heavy (non-hydrogen) atoms. The van der Waals surface area contributed by atoms with Crippen molar-refractivity contribution in [3.05, 3.63) is 41.0 Å². The second kappa shape index (κ2) is 4.65. The topological polar surface area (TPSA) is 9.23 Å². The number of hydrogen-bond acceptors (Lipinski definition) is 1. The van der Waals surface area contributed by atoms with Gasteiger partial charge in [-0.25, -0.2) is 0 Å². The fourth-order valence-corrected chi connectivity index (χ4v) is 3.70. The van der Waals surface area contributed by atoms with Crippen molar-refractivity contribution in [1.82, 2.24) is 0 Å². The molecule has 0 saturated heterocycles. The number of aryl methyl sites for hydroxylation is 1. The normalized spacial score (nSPS) is 22.4. The number of rotatable bonds is 3. The van der Waals surface area contributed by atoms with Gasteiger partial charge in [0.05, 0.1) is 6.61 Å². The molecule has 110 valence electrons. The number of ether oxygens (including phenoxy) is 1. The minimum atomic E-state index is 0.188. The van der Waals surface area contributed by atoms with E-state index in [4.69, 9.17) is 4.74 Å². The maximum absolute atomic E-state index is 5.62. The third-order valence-corrected chi connectivity index (χ3v) is 5.54. The lowest BCUT2D eigenvalue weighted by Gasteiger charge is -2.32. The Kier molecular flexibility index (Phi) is 3.52. The Morgan fingerprint density at radius 3 is 2.15 bits per heavy atom. The van der Waals surface area contributed by atoms with Gasteiger partial charge in [0.15, 0.2) is 0 Å². The van der Waals surface area contributed by atoms with Crippen molar-refractivity contribution >= 4 is 5.76 Å². The van der Waals surface area contributed by atoms with Crippen LogP contribution in [-0.4, -0.2) is 6.61 Å². The minimum absolute atomic E-state index is 0.188. The third-order valence-electron chi connectivity index (χ3n) is 5.54. The molecule has 0 radical (unpaired) electrons. The van der Waals surface area contributed by atoms with E-state index < -0.39 is 0 Å². The Labute approximate surface area is 124 Å². The van der Waals surface area contributed by atoms with Gasteiger partial charge in [-0.1, -0.05) is 47.3 Å². The summed E-state index contributed by atoms with van der Waals surface area (Å²) in [7, 11) is 0. The van der Waals surface area contributed by atoms with Crippen molar-refractivity contribution in [2.45, 2.75) is 59.3 Å². The summed E-state index contributed by atoms with van der Waals surface area (Å²) in [6.07, 6.45) is 0. The van der Waals surface area contributed by atoms with Crippen LogP contribution in [0.1, 0.15) is 63.8 Å². The zero-order valence-electron chi connectivity index (χ0n) is 14.1. The van der Waals surface area contributed by atoms with Crippen LogP contribution in [0.25, 0.3) is 5.76 Å². The molecule has 1 heteroatoms. The molecule has 1 aromatic carbocycles. The second-order valence-corrected chi connectivity index (χ2v) is 7.23. The average molecular weight is 272 g/mol. The summed E-state index contributed by atoms with van der Waals surface area (Å²) >= 11 is 0. The van der Waals surface area contributed by atoms with E-state index in [9.17, 15) is 0 Å². The standard InChI is InChI=1S/C19H28O/c1-9-20-13(3)15-11-17-16(10-12(15)2)18(5,6)14(4)19(17,7)8/h10-11,14H,3,9H2,1-2,4-8H3. The van der Waals surface area contributed by atoms with E-state index in [0.29, 0.717) is 12.5 Å². The van der Waals surface area contributed by atoms with Crippen LogP contribution in [0.4, 0.5) is 0 Å². The molecule has 1 aliphatic rings. The van der Waals surface area contributed by atoms with Crippen molar-refractivity contribution in [3.8, 4) is 0 Å². The Morgan fingerprint density at radius 1 is 1.15 bits per heavy atom. The number of benzene rings is 1. The molecule has 1 nitrogen and oxygen atoms in total. The average Bonchev–Trinajstić information content (AvgIpc) is 2.48. The van der Waals surface area contributed by atoms with Crippen LogP contribution in [-0.2, 0) is 15.6 Å². The van der Waals surface area contributed by atoms with Crippen LogP contribution in [0.5, 0.6) is 0 Å². The zero-order chi connectivity index (χ0) is 15.3. The predicted molar refractivity (Wildman–Crippen MR) is 87.1 cm³/mol. The highest BCUT2D eigenvalue weighted by atomic mass is 16.5. The van der Waals surface area contributed by atoms with Crippen LogP contribution < -0.4 is 0 Å². The highest BCUT2D eigenvalue weighted by molar-refractivity contribution is 5.65. The van der Waals surface area contributed by atoms with Crippen molar-refractivity contribution in [2.75, 3.05) is 6.61 Å². The lowest BCUT2D eigenvalue weighted by molar-refractivity contribution is 0.264.